The Balaban J connectivity index is 1.20. The average molecular weight is 763 g/mol. The first-order valence-corrected chi connectivity index (χ1v) is 18.7. The highest BCUT2D eigenvalue weighted by atomic mass is 16.5. The van der Waals surface area contributed by atoms with Gasteiger partial charge in [0, 0.05) is 51.6 Å². The Morgan fingerprint density at radius 2 is 1.30 bits per heavy atom. The van der Waals surface area contributed by atoms with Crippen LogP contribution in [-0.2, 0) is 22.7 Å². The van der Waals surface area contributed by atoms with Gasteiger partial charge in [-0.15, -0.1) is 0 Å². The Hall–Kier alpha value is -6.76. The van der Waals surface area contributed by atoms with Crippen molar-refractivity contribution in [2.24, 2.45) is 0 Å². The van der Waals surface area contributed by atoms with Gasteiger partial charge in [0.05, 0.1) is 58.6 Å². The molecule has 2 aliphatic heterocycles. The number of fused-ring (bicyclic) bond motifs is 14. The molecule has 0 unspecified atom stereocenters. The molecule has 0 saturated heterocycles. The maximum absolute atomic E-state index is 6.54. The number of methoxy groups -OCH3 is 2. The van der Waals surface area contributed by atoms with Crippen molar-refractivity contribution < 1.29 is 28.4 Å². The van der Waals surface area contributed by atoms with Crippen LogP contribution in [-0.4, -0.2) is 60.6 Å². The van der Waals surface area contributed by atoms with Crippen molar-refractivity contribution >= 4 is 28.8 Å². The lowest BCUT2D eigenvalue weighted by Gasteiger charge is -2.20. The zero-order valence-corrected chi connectivity index (χ0v) is 31.7. The number of nitrogens with zero attached hydrogens (tertiary/aromatic N) is 4. The molecule has 0 radical (unpaired) electrons. The lowest BCUT2D eigenvalue weighted by Crippen LogP contribution is -2.09. The minimum Gasteiger partial charge on any atom is -0.496 e. The van der Waals surface area contributed by atoms with Crippen LogP contribution in [0.25, 0.3) is 28.1 Å². The number of hydrogen-bond acceptors (Lipinski definition) is 12. The van der Waals surface area contributed by atoms with E-state index in [4.69, 9.17) is 38.4 Å². The Morgan fingerprint density at radius 3 is 2.04 bits per heavy atom. The second kappa shape index (κ2) is 17.8. The molecular weight excluding hydrogens is 721 g/mol. The summed E-state index contributed by atoms with van der Waals surface area (Å²) in [6, 6.07) is 29.3. The zero-order chi connectivity index (χ0) is 38.8. The monoisotopic (exact) mass is 762 g/mol. The molecule has 0 fully saturated rings. The third-order valence-electron chi connectivity index (χ3n) is 9.41. The Kier molecular flexibility index (Phi) is 11.6. The first kappa shape index (κ1) is 37.2. The van der Waals surface area contributed by atoms with Crippen LogP contribution >= 0.6 is 0 Å². The van der Waals surface area contributed by atoms with Crippen LogP contribution in [0.15, 0.2) is 122 Å². The highest BCUT2D eigenvalue weighted by molar-refractivity contribution is 5.81. The Bertz CT molecular complexity index is 2420. The van der Waals surface area contributed by atoms with Crippen LogP contribution in [0.4, 0.5) is 23.3 Å². The molecule has 0 amide bonds. The molecule has 2 N–H and O–H groups in total. The summed E-state index contributed by atoms with van der Waals surface area (Å²) in [5.41, 5.74) is 8.22. The second-order valence-electron chi connectivity index (χ2n) is 13.2. The predicted molar refractivity (Wildman–Crippen MR) is 220 cm³/mol. The molecule has 12 bridgehead atoms. The second-order valence-corrected chi connectivity index (χ2v) is 13.2. The van der Waals surface area contributed by atoms with Gasteiger partial charge >= 0.3 is 0 Å². The number of aromatic nitrogens is 4. The summed E-state index contributed by atoms with van der Waals surface area (Å²) in [4.78, 5) is 18.8. The van der Waals surface area contributed by atoms with Crippen LogP contribution in [0.1, 0.15) is 23.1 Å². The molecule has 57 heavy (non-hydrogen) atoms. The van der Waals surface area contributed by atoms with Crippen molar-refractivity contribution in [3.8, 4) is 45.5 Å². The number of ether oxygens (including phenoxy) is 6. The Labute approximate surface area is 331 Å². The van der Waals surface area contributed by atoms with E-state index < -0.39 is 0 Å². The Morgan fingerprint density at radius 1 is 0.614 bits per heavy atom. The largest absolute Gasteiger partial charge is 0.496 e. The maximum atomic E-state index is 6.54. The summed E-state index contributed by atoms with van der Waals surface area (Å²) in [6.45, 7) is 2.06. The van der Waals surface area contributed by atoms with Crippen molar-refractivity contribution in [2.45, 2.75) is 19.6 Å². The molecule has 0 atom stereocenters. The number of rotatable bonds is 3. The first-order chi connectivity index (χ1) is 28.1. The third-order valence-corrected chi connectivity index (χ3v) is 9.41. The van der Waals surface area contributed by atoms with E-state index in [0.29, 0.717) is 49.0 Å². The van der Waals surface area contributed by atoms with E-state index in [0.717, 1.165) is 68.3 Å². The summed E-state index contributed by atoms with van der Waals surface area (Å²) in [5.74, 6) is 3.70. The highest BCUT2D eigenvalue weighted by Gasteiger charge is 2.18. The number of nitrogens with one attached hydrogen (secondary N) is 2. The van der Waals surface area contributed by atoms with E-state index in [2.05, 4.69) is 26.7 Å². The number of benzene rings is 4. The van der Waals surface area contributed by atoms with E-state index in [-0.39, 0.29) is 19.8 Å². The van der Waals surface area contributed by atoms with Crippen LogP contribution in [0.5, 0.6) is 23.0 Å². The summed E-state index contributed by atoms with van der Waals surface area (Å²) in [6.07, 6.45) is 10.3. The molecule has 0 spiro atoms. The molecular formula is C45H42N6O6. The third kappa shape index (κ3) is 9.21. The topological polar surface area (TPSA) is 131 Å². The van der Waals surface area contributed by atoms with Gasteiger partial charge in [-0.05, 0) is 78.7 Å². The lowest BCUT2D eigenvalue weighted by atomic mass is 10.0. The molecule has 6 aromatic rings. The van der Waals surface area contributed by atoms with E-state index in [1.54, 1.807) is 26.6 Å². The summed E-state index contributed by atoms with van der Waals surface area (Å²) in [5, 5.41) is 6.84. The van der Waals surface area contributed by atoms with Gasteiger partial charge in [0.2, 0.25) is 11.9 Å². The van der Waals surface area contributed by atoms with E-state index in [1.807, 2.05) is 103 Å². The average Bonchev–Trinajstić information content (AvgIpc) is 3.24. The van der Waals surface area contributed by atoms with Crippen molar-refractivity contribution in [1.29, 1.82) is 0 Å². The van der Waals surface area contributed by atoms with Crippen molar-refractivity contribution in [2.75, 3.05) is 51.3 Å². The van der Waals surface area contributed by atoms with Gasteiger partial charge in [-0.25, -0.2) is 19.9 Å². The molecule has 288 valence electrons. The number of anilines is 4. The van der Waals surface area contributed by atoms with Gasteiger partial charge in [0.25, 0.3) is 0 Å². The molecule has 8 rings (SSSR count). The minimum atomic E-state index is 0.203. The van der Waals surface area contributed by atoms with Crippen LogP contribution in [0.2, 0.25) is 0 Å². The fourth-order valence-electron chi connectivity index (χ4n) is 6.57. The standard InChI is InChI=1S/C45H42N6O6/c1-52-42-13-12-35-22-33(42)27-55-21-16-32(29-57-37-11-7-9-31(24-37)39-14-17-46-44(48-35)49-39)38-26-43(53-2)34-25-41(38)51-45-47-18-15-40(50-45)30-8-6-10-36(23-30)56-20-5-3-4-19-54-28-34/h3-4,6-18,22-26H,5,19-21,27-29H2,1-2H3,(H,46,48,49)(H,47,50,51)/b4-3+,32-16-. The predicted octanol–water partition coefficient (Wildman–Crippen LogP) is 8.95. The SMILES string of the molecule is COc1ccc2cc1COC/C=C(\c1cc(OC)c3cc1Nc1nccc(n1)-c1cccc(c1)OCC/C=C/COC3)COc1cccc(c1)-c1ccnc(n1)N2. The fourth-order valence-corrected chi connectivity index (χ4v) is 6.57. The van der Waals surface area contributed by atoms with E-state index >= 15 is 0 Å². The molecule has 4 aromatic carbocycles. The van der Waals surface area contributed by atoms with E-state index in [9.17, 15) is 0 Å². The molecule has 12 heteroatoms. The van der Waals surface area contributed by atoms with E-state index in [1.165, 1.54) is 0 Å². The smallest absolute Gasteiger partial charge is 0.227 e. The summed E-state index contributed by atoms with van der Waals surface area (Å²) >= 11 is 0. The zero-order valence-electron chi connectivity index (χ0n) is 31.7. The highest BCUT2D eigenvalue weighted by Crippen LogP contribution is 2.36. The first-order valence-electron chi connectivity index (χ1n) is 18.7. The van der Waals surface area contributed by atoms with Crippen molar-refractivity contribution in [3.05, 3.63) is 138 Å². The molecule has 12 nitrogen and oxygen atoms in total. The van der Waals surface area contributed by atoms with Gasteiger partial charge in [0.15, 0.2) is 0 Å². The quantitative estimate of drug-likeness (QED) is 0.167. The lowest BCUT2D eigenvalue weighted by molar-refractivity contribution is 0.146. The maximum Gasteiger partial charge on any atom is 0.227 e. The van der Waals surface area contributed by atoms with Gasteiger partial charge in [0.1, 0.15) is 29.6 Å². The van der Waals surface area contributed by atoms with Crippen molar-refractivity contribution in [1.82, 2.24) is 19.9 Å². The van der Waals surface area contributed by atoms with Gasteiger partial charge in [-0.1, -0.05) is 42.5 Å². The summed E-state index contributed by atoms with van der Waals surface area (Å²) < 4.78 is 36.6. The normalized spacial score (nSPS) is 15.9. The molecule has 0 saturated carbocycles. The van der Waals surface area contributed by atoms with Gasteiger partial charge in [-0.2, -0.15) is 0 Å². The number of hydrogen-bond donors (Lipinski definition) is 2. The molecule has 2 aromatic heterocycles. The van der Waals surface area contributed by atoms with Crippen molar-refractivity contribution in [3.63, 3.8) is 0 Å². The molecule has 0 aliphatic carbocycles. The van der Waals surface area contributed by atoms with Crippen LogP contribution in [0.3, 0.4) is 0 Å². The molecule has 2 aliphatic rings. The molecule has 4 heterocycles. The summed E-state index contributed by atoms with van der Waals surface area (Å²) in [7, 11) is 3.30. The van der Waals surface area contributed by atoms with Gasteiger partial charge in [-0.3, -0.25) is 0 Å². The van der Waals surface area contributed by atoms with Crippen LogP contribution in [0, 0.1) is 0 Å². The minimum absolute atomic E-state index is 0.203. The van der Waals surface area contributed by atoms with Crippen LogP contribution < -0.4 is 29.6 Å². The van der Waals surface area contributed by atoms with Gasteiger partial charge < -0.3 is 39.1 Å². The fraction of sp³-hybridized carbons (Fsp3) is 0.200.